The number of hydrogen-bond acceptors (Lipinski definition) is 9. The molecule has 0 saturated carbocycles. The summed E-state index contributed by atoms with van der Waals surface area (Å²) in [5.74, 6) is 0.146. The van der Waals surface area contributed by atoms with E-state index >= 15 is 0 Å². The predicted octanol–water partition coefficient (Wildman–Crippen LogP) is 4.37. The molecule has 1 aliphatic rings. The van der Waals surface area contributed by atoms with Crippen LogP contribution in [0.1, 0.15) is 54.1 Å². The molecular formula is C30H33N5O5S. The van der Waals surface area contributed by atoms with Crippen LogP contribution in [0.25, 0.3) is 22.2 Å². The van der Waals surface area contributed by atoms with Crippen LogP contribution in [0.3, 0.4) is 0 Å². The molecule has 1 aliphatic heterocycles. The molecule has 0 aliphatic carbocycles. The summed E-state index contributed by atoms with van der Waals surface area (Å²) in [4.78, 5) is 30.8. The molecule has 0 spiro atoms. The van der Waals surface area contributed by atoms with Gasteiger partial charge in [-0.25, -0.2) is 18.4 Å². The van der Waals surface area contributed by atoms with Crippen LogP contribution in [0.15, 0.2) is 53.7 Å². The Balaban J connectivity index is 1.30. The topological polar surface area (TPSA) is 133 Å². The molecule has 4 aromatic rings. The van der Waals surface area contributed by atoms with Crippen molar-refractivity contribution >= 4 is 26.6 Å². The van der Waals surface area contributed by atoms with Crippen LogP contribution < -0.4 is 10.1 Å². The molecule has 41 heavy (non-hydrogen) atoms. The second kappa shape index (κ2) is 11.5. The summed E-state index contributed by atoms with van der Waals surface area (Å²) < 4.78 is 36.0. The Morgan fingerprint density at radius 3 is 2.46 bits per heavy atom. The zero-order valence-electron chi connectivity index (χ0n) is 23.7. The van der Waals surface area contributed by atoms with E-state index in [0.29, 0.717) is 17.3 Å². The van der Waals surface area contributed by atoms with Gasteiger partial charge in [0.15, 0.2) is 9.84 Å². The Kier molecular flexibility index (Phi) is 8.01. The smallest absolute Gasteiger partial charge is 0.253 e. The SMILES string of the molecule is Cc1nc(OC2C[C@@H](C)O[C@@H](C)C2)ccc1-c1ccc2cnc(CNC(=O)c3cnc(C)c(S(C)(=O)=O)c3)cc2n1. The molecule has 1 saturated heterocycles. The molecule has 5 heterocycles. The number of ether oxygens (including phenoxy) is 2. The number of nitrogens with one attached hydrogen (secondary N) is 1. The third-order valence-electron chi connectivity index (χ3n) is 7.04. The quantitative estimate of drug-likeness (QED) is 0.341. The lowest BCUT2D eigenvalue weighted by molar-refractivity contribution is -0.0729. The number of pyridine rings is 4. The number of aromatic nitrogens is 4. The van der Waals surface area contributed by atoms with E-state index in [-0.39, 0.29) is 35.3 Å². The van der Waals surface area contributed by atoms with Crippen LogP contribution in [0.5, 0.6) is 5.88 Å². The second-order valence-corrected chi connectivity index (χ2v) is 12.6. The monoisotopic (exact) mass is 575 g/mol. The van der Waals surface area contributed by atoms with Gasteiger partial charge < -0.3 is 14.8 Å². The maximum atomic E-state index is 12.7. The van der Waals surface area contributed by atoms with Crippen LogP contribution in [-0.2, 0) is 21.1 Å². The van der Waals surface area contributed by atoms with Gasteiger partial charge in [0.05, 0.1) is 57.5 Å². The lowest BCUT2D eigenvalue weighted by Crippen LogP contribution is -2.35. The summed E-state index contributed by atoms with van der Waals surface area (Å²) in [7, 11) is -3.50. The first-order valence-electron chi connectivity index (χ1n) is 13.5. The molecular weight excluding hydrogens is 542 g/mol. The zero-order chi connectivity index (χ0) is 29.3. The number of sulfone groups is 1. The molecule has 1 fully saturated rings. The summed E-state index contributed by atoms with van der Waals surface area (Å²) in [6.45, 7) is 7.79. The summed E-state index contributed by atoms with van der Waals surface area (Å²) in [5, 5.41) is 3.64. The molecule has 5 rings (SSSR count). The van der Waals surface area contributed by atoms with E-state index in [1.165, 1.54) is 12.3 Å². The molecule has 0 radical (unpaired) electrons. The molecule has 1 N–H and O–H groups in total. The van der Waals surface area contributed by atoms with E-state index in [4.69, 9.17) is 14.5 Å². The molecule has 11 heteroatoms. The van der Waals surface area contributed by atoms with E-state index in [2.05, 4.69) is 34.1 Å². The second-order valence-electron chi connectivity index (χ2n) is 10.6. The Morgan fingerprint density at radius 1 is 1.00 bits per heavy atom. The maximum absolute atomic E-state index is 12.7. The van der Waals surface area contributed by atoms with Gasteiger partial charge in [-0.15, -0.1) is 0 Å². The number of amides is 1. The normalized spacial score (nSPS) is 19.2. The van der Waals surface area contributed by atoms with Crippen molar-refractivity contribution in [2.24, 2.45) is 0 Å². The van der Waals surface area contributed by atoms with Gasteiger partial charge in [0, 0.05) is 48.5 Å². The molecule has 214 valence electrons. The average Bonchev–Trinajstić information content (AvgIpc) is 2.90. The molecule has 10 nitrogen and oxygen atoms in total. The largest absolute Gasteiger partial charge is 0.474 e. The fourth-order valence-electron chi connectivity index (χ4n) is 5.08. The first kappa shape index (κ1) is 28.6. The van der Waals surface area contributed by atoms with Crippen molar-refractivity contribution in [1.29, 1.82) is 0 Å². The fourth-order valence-corrected chi connectivity index (χ4v) is 6.01. The van der Waals surface area contributed by atoms with E-state index < -0.39 is 15.7 Å². The van der Waals surface area contributed by atoms with E-state index in [1.807, 2.05) is 37.3 Å². The van der Waals surface area contributed by atoms with Gasteiger partial charge in [-0.05, 0) is 58.0 Å². The maximum Gasteiger partial charge on any atom is 0.253 e. The molecule has 0 aromatic carbocycles. The van der Waals surface area contributed by atoms with Gasteiger partial charge in [0.2, 0.25) is 5.88 Å². The standard InChI is InChI=1S/C30H33N5O5S/c1-17-10-24(11-18(2)39-17)40-29-9-7-25(19(3)34-29)26-8-6-21-14-32-23(13-27(21)35-26)16-33-30(36)22-12-28(41(5,37)38)20(4)31-15-22/h6-9,12-15,17-18,24H,10-11,16H2,1-5H3,(H,33,36)/t17-,18+,24?. The third-order valence-corrected chi connectivity index (χ3v) is 8.25. The first-order chi connectivity index (χ1) is 19.5. The van der Waals surface area contributed by atoms with E-state index in [0.717, 1.165) is 47.0 Å². The minimum atomic E-state index is -3.50. The van der Waals surface area contributed by atoms with Crippen molar-refractivity contribution in [2.45, 2.75) is 70.3 Å². The zero-order valence-corrected chi connectivity index (χ0v) is 24.5. The molecule has 1 unspecified atom stereocenters. The van der Waals surface area contributed by atoms with E-state index in [9.17, 15) is 13.2 Å². The molecule has 1 amide bonds. The average molecular weight is 576 g/mol. The van der Waals surface area contributed by atoms with Crippen molar-refractivity contribution in [3.05, 3.63) is 71.4 Å². The summed E-state index contributed by atoms with van der Waals surface area (Å²) in [6.07, 6.45) is 6.21. The van der Waals surface area contributed by atoms with Crippen LogP contribution >= 0.6 is 0 Å². The van der Waals surface area contributed by atoms with Crippen molar-refractivity contribution in [2.75, 3.05) is 6.26 Å². The van der Waals surface area contributed by atoms with Crippen LogP contribution in [0.4, 0.5) is 0 Å². The fraction of sp³-hybridized carbons (Fsp3) is 0.367. The van der Waals surface area contributed by atoms with Crippen LogP contribution in [0.2, 0.25) is 0 Å². The van der Waals surface area contributed by atoms with Gasteiger partial charge in [0.25, 0.3) is 5.91 Å². The summed E-state index contributed by atoms with van der Waals surface area (Å²) >= 11 is 0. The minimum Gasteiger partial charge on any atom is -0.474 e. The lowest BCUT2D eigenvalue weighted by Gasteiger charge is -2.32. The van der Waals surface area contributed by atoms with Crippen molar-refractivity contribution in [3.8, 4) is 17.1 Å². The summed E-state index contributed by atoms with van der Waals surface area (Å²) in [5.41, 5.74) is 4.31. The van der Waals surface area contributed by atoms with Gasteiger partial charge in [0.1, 0.15) is 6.10 Å². The highest BCUT2D eigenvalue weighted by Crippen LogP contribution is 2.28. The molecule has 0 bridgehead atoms. The van der Waals surface area contributed by atoms with Gasteiger partial charge in [-0.3, -0.25) is 14.8 Å². The highest BCUT2D eigenvalue weighted by molar-refractivity contribution is 7.90. The molecule has 4 aromatic heterocycles. The number of hydrogen-bond donors (Lipinski definition) is 1. The van der Waals surface area contributed by atoms with Crippen molar-refractivity contribution in [3.63, 3.8) is 0 Å². The van der Waals surface area contributed by atoms with Gasteiger partial charge in [-0.1, -0.05) is 0 Å². The molecule has 3 atom stereocenters. The number of nitrogens with zero attached hydrogens (tertiary/aromatic N) is 4. The predicted molar refractivity (Wildman–Crippen MR) is 154 cm³/mol. The number of carbonyl (C=O) groups is 1. The third kappa shape index (κ3) is 6.68. The lowest BCUT2D eigenvalue weighted by atomic mass is 10.0. The highest BCUT2D eigenvalue weighted by atomic mass is 32.2. The van der Waals surface area contributed by atoms with Crippen molar-refractivity contribution in [1.82, 2.24) is 25.3 Å². The minimum absolute atomic E-state index is 0.0304. The van der Waals surface area contributed by atoms with Gasteiger partial charge in [-0.2, -0.15) is 0 Å². The Morgan fingerprint density at radius 2 is 1.76 bits per heavy atom. The number of rotatable bonds is 7. The number of aryl methyl sites for hydroxylation is 2. The highest BCUT2D eigenvalue weighted by Gasteiger charge is 2.26. The first-order valence-corrected chi connectivity index (χ1v) is 15.4. The van der Waals surface area contributed by atoms with Crippen molar-refractivity contribution < 1.29 is 22.7 Å². The van der Waals surface area contributed by atoms with Gasteiger partial charge >= 0.3 is 0 Å². The summed E-state index contributed by atoms with van der Waals surface area (Å²) in [6, 6.07) is 10.9. The van der Waals surface area contributed by atoms with E-state index in [1.54, 1.807) is 13.1 Å². The number of fused-ring (bicyclic) bond motifs is 1. The Labute approximate surface area is 239 Å². The number of carbonyl (C=O) groups excluding carboxylic acids is 1. The van der Waals surface area contributed by atoms with Crippen LogP contribution in [-0.4, -0.2) is 58.8 Å². The van der Waals surface area contributed by atoms with Crippen LogP contribution in [0, 0.1) is 13.8 Å². The Bertz CT molecular complexity index is 1720. The Hall–Kier alpha value is -3.96.